The van der Waals surface area contributed by atoms with Crippen molar-refractivity contribution in [3.8, 4) is 0 Å². The molecule has 0 N–H and O–H groups in total. The average Bonchev–Trinajstić information content (AvgIpc) is 1.35. The largest absolute Gasteiger partial charge is 0.186 e. The SMILES string of the molecule is [S]C(Cl)(Cl)CCl. The van der Waals surface area contributed by atoms with Crippen LogP contribution in [0.15, 0.2) is 0 Å². The summed E-state index contributed by atoms with van der Waals surface area (Å²) in [6, 6.07) is 0. The first-order chi connectivity index (χ1) is 2.56. The lowest BCUT2D eigenvalue weighted by Gasteiger charge is -2.01. The lowest BCUT2D eigenvalue weighted by Crippen LogP contribution is -2.01. The van der Waals surface area contributed by atoms with Crippen molar-refractivity contribution >= 4 is 47.4 Å². The van der Waals surface area contributed by atoms with Crippen LogP contribution in [-0.2, 0) is 0 Å². The Bertz CT molecular complexity index is 38.5. The summed E-state index contributed by atoms with van der Waals surface area (Å²) in [6.07, 6.45) is 0. The molecule has 0 unspecified atom stereocenters. The Morgan fingerprint density at radius 3 is 1.67 bits per heavy atom. The van der Waals surface area contributed by atoms with E-state index in [4.69, 9.17) is 34.8 Å². The summed E-state index contributed by atoms with van der Waals surface area (Å²) in [4.78, 5) is 0. The van der Waals surface area contributed by atoms with Gasteiger partial charge in [0.1, 0.15) is 0 Å². The van der Waals surface area contributed by atoms with E-state index in [1.807, 2.05) is 0 Å². The maximum absolute atomic E-state index is 5.17. The Kier molecular flexibility index (Phi) is 3.02. The molecule has 0 saturated carbocycles. The Morgan fingerprint density at radius 2 is 1.67 bits per heavy atom. The molecule has 0 atom stereocenters. The minimum absolute atomic E-state index is 0.0887. The highest BCUT2D eigenvalue weighted by Crippen LogP contribution is 2.25. The molecule has 6 heavy (non-hydrogen) atoms. The standard InChI is InChI=1S/C2H2Cl3S/c3-1-2(4,5)6/h1H2. The van der Waals surface area contributed by atoms with E-state index >= 15 is 0 Å². The highest BCUT2D eigenvalue weighted by Gasteiger charge is 2.15. The molecule has 0 saturated heterocycles. The van der Waals surface area contributed by atoms with E-state index in [1.54, 1.807) is 0 Å². The van der Waals surface area contributed by atoms with E-state index in [-0.39, 0.29) is 5.88 Å². The zero-order valence-corrected chi connectivity index (χ0v) is 5.83. The quantitative estimate of drug-likeness (QED) is 0.523. The fraction of sp³-hybridized carbons (Fsp3) is 1.00. The van der Waals surface area contributed by atoms with Crippen LogP contribution in [0.1, 0.15) is 0 Å². The van der Waals surface area contributed by atoms with Crippen molar-refractivity contribution in [2.24, 2.45) is 0 Å². The summed E-state index contributed by atoms with van der Waals surface area (Å²) in [5.74, 6) is 0.0887. The molecular weight excluding hydrogens is 162 g/mol. The smallest absolute Gasteiger partial charge is 0.122 e. The van der Waals surface area contributed by atoms with Crippen LogP contribution >= 0.6 is 47.4 Å². The van der Waals surface area contributed by atoms with Gasteiger partial charge in [0.05, 0.1) is 5.88 Å². The van der Waals surface area contributed by atoms with Crippen LogP contribution in [0.3, 0.4) is 0 Å². The van der Waals surface area contributed by atoms with Gasteiger partial charge in [-0.15, -0.1) is 11.6 Å². The van der Waals surface area contributed by atoms with Gasteiger partial charge < -0.3 is 0 Å². The molecule has 0 aliphatic heterocycles. The van der Waals surface area contributed by atoms with Gasteiger partial charge in [-0.3, -0.25) is 0 Å². The van der Waals surface area contributed by atoms with Gasteiger partial charge in [-0.2, -0.15) is 0 Å². The first-order valence-corrected chi connectivity index (χ1v) is 2.90. The third kappa shape index (κ3) is 5.22. The van der Waals surface area contributed by atoms with Crippen LogP contribution in [0.2, 0.25) is 0 Å². The summed E-state index contributed by atoms with van der Waals surface area (Å²) in [7, 11) is 0. The van der Waals surface area contributed by atoms with Gasteiger partial charge in [-0.05, 0) is 0 Å². The molecule has 1 radical (unpaired) electrons. The minimum atomic E-state index is -1.17. The van der Waals surface area contributed by atoms with Crippen molar-refractivity contribution < 1.29 is 0 Å². The molecule has 0 heterocycles. The van der Waals surface area contributed by atoms with Crippen LogP contribution in [0.5, 0.6) is 0 Å². The van der Waals surface area contributed by atoms with Crippen LogP contribution in [0.25, 0.3) is 0 Å². The second-order valence-corrected chi connectivity index (χ2v) is 3.67. The number of hydrogen-bond donors (Lipinski definition) is 0. The summed E-state index contributed by atoms with van der Waals surface area (Å²) in [5.41, 5.74) is 0. The normalized spacial score (nSPS) is 12.0. The third-order valence-electron chi connectivity index (χ3n) is 0.156. The molecule has 0 nitrogen and oxygen atoms in total. The van der Waals surface area contributed by atoms with E-state index in [0.29, 0.717) is 0 Å². The molecule has 37 valence electrons. The maximum Gasteiger partial charge on any atom is 0.186 e. The zero-order valence-electron chi connectivity index (χ0n) is 2.75. The van der Waals surface area contributed by atoms with Crippen molar-refractivity contribution in [2.75, 3.05) is 5.88 Å². The van der Waals surface area contributed by atoms with E-state index in [1.165, 1.54) is 0 Å². The number of rotatable bonds is 1. The minimum Gasteiger partial charge on any atom is -0.122 e. The first kappa shape index (κ1) is 7.22. The lowest BCUT2D eigenvalue weighted by molar-refractivity contribution is 1.31. The van der Waals surface area contributed by atoms with Gasteiger partial charge >= 0.3 is 0 Å². The molecular formula is C2H2Cl3S. The van der Waals surface area contributed by atoms with Gasteiger partial charge in [0, 0.05) is 0 Å². The lowest BCUT2D eigenvalue weighted by atomic mass is 10.9. The average molecular weight is 164 g/mol. The van der Waals surface area contributed by atoms with E-state index in [2.05, 4.69) is 12.6 Å². The van der Waals surface area contributed by atoms with Crippen LogP contribution in [-0.4, -0.2) is 9.55 Å². The van der Waals surface area contributed by atoms with Gasteiger partial charge in [0.2, 0.25) is 0 Å². The molecule has 0 bridgehead atoms. The molecule has 0 amide bonds. The predicted octanol–water partition coefficient (Wildman–Crippen LogP) is 2.55. The second-order valence-electron chi connectivity index (χ2n) is 0.771. The number of alkyl halides is 3. The van der Waals surface area contributed by atoms with Gasteiger partial charge in [-0.1, -0.05) is 35.8 Å². The van der Waals surface area contributed by atoms with Crippen molar-refractivity contribution in [1.29, 1.82) is 0 Å². The Balaban J connectivity index is 3.17. The Morgan fingerprint density at radius 1 is 1.50 bits per heavy atom. The van der Waals surface area contributed by atoms with Gasteiger partial charge in [0.15, 0.2) is 3.67 Å². The van der Waals surface area contributed by atoms with E-state index in [9.17, 15) is 0 Å². The Labute approximate surface area is 57.2 Å². The maximum atomic E-state index is 5.17. The number of hydrogen-bond acceptors (Lipinski definition) is 0. The van der Waals surface area contributed by atoms with Crippen LogP contribution in [0.4, 0.5) is 0 Å². The van der Waals surface area contributed by atoms with E-state index < -0.39 is 3.67 Å². The van der Waals surface area contributed by atoms with Crippen molar-refractivity contribution in [3.63, 3.8) is 0 Å². The summed E-state index contributed by atoms with van der Waals surface area (Å²) in [6.45, 7) is 0. The molecule has 0 spiro atoms. The topological polar surface area (TPSA) is 0 Å². The highest BCUT2D eigenvalue weighted by atomic mass is 35.5. The monoisotopic (exact) mass is 163 g/mol. The van der Waals surface area contributed by atoms with Crippen LogP contribution < -0.4 is 0 Å². The van der Waals surface area contributed by atoms with Crippen molar-refractivity contribution in [2.45, 2.75) is 3.67 Å². The summed E-state index contributed by atoms with van der Waals surface area (Å²) >= 11 is 19.8. The molecule has 0 rings (SSSR count). The molecule has 0 aromatic carbocycles. The fourth-order valence-corrected chi connectivity index (χ4v) is 0. The molecule has 4 heteroatoms. The Hall–Kier alpha value is 1.22. The van der Waals surface area contributed by atoms with E-state index in [0.717, 1.165) is 0 Å². The second kappa shape index (κ2) is 2.51. The molecule has 0 aliphatic rings. The predicted molar refractivity (Wildman–Crippen MR) is 32.7 cm³/mol. The fourth-order valence-electron chi connectivity index (χ4n) is 0. The van der Waals surface area contributed by atoms with Crippen molar-refractivity contribution in [3.05, 3.63) is 0 Å². The first-order valence-electron chi connectivity index (χ1n) is 1.20. The molecule has 0 aromatic heterocycles. The molecule has 0 aromatic rings. The third-order valence-corrected chi connectivity index (χ3v) is 1.40. The zero-order chi connectivity index (χ0) is 5.21. The van der Waals surface area contributed by atoms with Gasteiger partial charge in [0.25, 0.3) is 0 Å². The van der Waals surface area contributed by atoms with Gasteiger partial charge in [-0.25, -0.2) is 0 Å². The number of halogens is 3. The summed E-state index contributed by atoms with van der Waals surface area (Å²) in [5, 5.41) is 0. The molecule has 0 aliphatic carbocycles. The highest BCUT2D eigenvalue weighted by molar-refractivity contribution is 7.85. The van der Waals surface area contributed by atoms with Crippen molar-refractivity contribution in [1.82, 2.24) is 0 Å². The van der Waals surface area contributed by atoms with Crippen LogP contribution in [0, 0.1) is 0 Å². The summed E-state index contributed by atoms with van der Waals surface area (Å²) < 4.78 is -1.17. The molecule has 0 fully saturated rings.